The summed E-state index contributed by atoms with van der Waals surface area (Å²) in [6.07, 6.45) is 79.2. The van der Waals surface area contributed by atoms with E-state index in [9.17, 15) is 43.2 Å². The van der Waals surface area contributed by atoms with E-state index in [2.05, 4.69) is 131 Å². The highest BCUT2D eigenvalue weighted by atomic mass is 31.2. The zero-order chi connectivity index (χ0) is 73.2. The van der Waals surface area contributed by atoms with Crippen molar-refractivity contribution in [2.24, 2.45) is 0 Å². The van der Waals surface area contributed by atoms with Gasteiger partial charge in [-0.1, -0.05) is 290 Å². The minimum atomic E-state index is -5.00. The lowest BCUT2D eigenvalue weighted by Crippen LogP contribution is -2.30. The molecule has 0 aliphatic carbocycles. The molecule has 0 bridgehead atoms. The summed E-state index contributed by atoms with van der Waals surface area (Å²) in [5, 5.41) is 10.6. The van der Waals surface area contributed by atoms with Crippen molar-refractivity contribution in [3.8, 4) is 0 Å². The van der Waals surface area contributed by atoms with Gasteiger partial charge in [-0.2, -0.15) is 0 Å². The molecule has 0 radical (unpaired) electrons. The number of rotatable bonds is 72. The van der Waals surface area contributed by atoms with Crippen LogP contribution in [0.3, 0.4) is 0 Å². The van der Waals surface area contributed by atoms with Crippen molar-refractivity contribution in [3.05, 3.63) is 122 Å². The number of aliphatic hydroxyl groups is 1. The molecule has 0 aromatic rings. The average molecular weight is 1450 g/mol. The minimum Gasteiger partial charge on any atom is -0.462 e. The molecule has 0 spiro atoms. The summed E-state index contributed by atoms with van der Waals surface area (Å²) in [5.74, 6) is -2.29. The Labute approximate surface area is 606 Å². The van der Waals surface area contributed by atoms with Crippen LogP contribution >= 0.6 is 15.6 Å². The number of phosphoric acid groups is 2. The second-order valence-corrected chi connectivity index (χ2v) is 28.4. The van der Waals surface area contributed by atoms with Gasteiger partial charge < -0.3 is 33.8 Å². The van der Waals surface area contributed by atoms with Gasteiger partial charge in [0.05, 0.1) is 26.4 Å². The van der Waals surface area contributed by atoms with Crippen LogP contribution in [0.15, 0.2) is 122 Å². The maximum atomic E-state index is 13.1. The first-order valence-corrected chi connectivity index (χ1v) is 41.8. The Kier molecular flexibility index (Phi) is 69.5. The molecule has 0 aromatic carbocycles. The first-order chi connectivity index (χ1) is 48.7. The van der Waals surface area contributed by atoms with Crippen molar-refractivity contribution in [1.29, 1.82) is 0 Å². The van der Waals surface area contributed by atoms with Crippen LogP contribution in [0.25, 0.3) is 0 Å². The highest BCUT2D eigenvalue weighted by molar-refractivity contribution is 7.47. The number of esters is 4. The highest BCUT2D eigenvalue weighted by Gasteiger charge is 2.30. The second-order valence-electron chi connectivity index (χ2n) is 25.5. The summed E-state index contributed by atoms with van der Waals surface area (Å²) >= 11 is 0. The molecule has 100 heavy (non-hydrogen) atoms. The Morgan fingerprint density at radius 3 is 0.900 bits per heavy atom. The minimum absolute atomic E-state index is 0.0318. The number of hydrogen-bond acceptors (Lipinski definition) is 15. The Bertz CT molecular complexity index is 2370. The summed E-state index contributed by atoms with van der Waals surface area (Å²) < 4.78 is 68.4. The third-order valence-electron chi connectivity index (χ3n) is 15.9. The summed E-state index contributed by atoms with van der Waals surface area (Å²) in [6.45, 7) is 4.52. The molecular weight excluding hydrogens is 1310 g/mol. The molecule has 17 nitrogen and oxygen atoms in total. The third kappa shape index (κ3) is 71.8. The lowest BCUT2D eigenvalue weighted by Gasteiger charge is -2.21. The molecule has 0 saturated carbocycles. The van der Waals surface area contributed by atoms with Gasteiger partial charge in [-0.05, 0) is 116 Å². The fourth-order valence-electron chi connectivity index (χ4n) is 10.1. The Morgan fingerprint density at radius 2 is 0.550 bits per heavy atom. The fraction of sp³-hybridized carbons (Fsp3) is 0.704. The van der Waals surface area contributed by atoms with Crippen molar-refractivity contribution >= 4 is 39.5 Å². The lowest BCUT2D eigenvalue weighted by molar-refractivity contribution is -0.161. The predicted molar refractivity (Wildman–Crippen MR) is 408 cm³/mol. The molecule has 0 saturated heterocycles. The number of carbonyl (C=O) groups excluding carboxylic acids is 4. The van der Waals surface area contributed by atoms with Gasteiger partial charge in [0.1, 0.15) is 19.3 Å². The SMILES string of the molecule is CC/C=C\C/C=C\C/C=C\C/C=C\C/C=C\C/C=C\CCC(=O)OCC(COP(=O)(O)OCC(O)COP(=O)(O)OCC(COC(=O)CCCCCCCCCCCCCCC)OC(=O)CCCCCCC/C=C\CCCC)OC(=O)CCCCCCCCC/C=C\C/C=C\C/C=C\CC. The average Bonchev–Trinajstić information content (AvgIpc) is 0.930. The molecule has 5 unspecified atom stereocenters. The van der Waals surface area contributed by atoms with Crippen molar-refractivity contribution < 1.29 is 80.2 Å². The Hall–Kier alpha value is -4.54. The van der Waals surface area contributed by atoms with Crippen LogP contribution in [-0.4, -0.2) is 96.7 Å². The molecule has 3 N–H and O–H groups in total. The van der Waals surface area contributed by atoms with E-state index >= 15 is 0 Å². The smallest absolute Gasteiger partial charge is 0.462 e. The predicted octanol–water partition coefficient (Wildman–Crippen LogP) is 22.3. The quantitative estimate of drug-likeness (QED) is 0.0169. The van der Waals surface area contributed by atoms with E-state index in [4.69, 9.17) is 37.0 Å². The van der Waals surface area contributed by atoms with Crippen molar-refractivity contribution in [3.63, 3.8) is 0 Å². The van der Waals surface area contributed by atoms with E-state index in [0.29, 0.717) is 32.1 Å². The van der Waals surface area contributed by atoms with Gasteiger partial charge in [0.15, 0.2) is 12.2 Å². The molecule has 0 fully saturated rings. The lowest BCUT2D eigenvalue weighted by atomic mass is 10.0. The number of carbonyl (C=O) groups is 4. The van der Waals surface area contributed by atoms with Crippen molar-refractivity contribution in [2.75, 3.05) is 39.6 Å². The maximum absolute atomic E-state index is 13.1. The van der Waals surface area contributed by atoms with Crippen LogP contribution in [0.4, 0.5) is 0 Å². The molecule has 0 aliphatic heterocycles. The van der Waals surface area contributed by atoms with E-state index < -0.39 is 97.5 Å². The Balaban J connectivity index is 5.40. The van der Waals surface area contributed by atoms with Gasteiger partial charge >= 0.3 is 39.5 Å². The van der Waals surface area contributed by atoms with Gasteiger partial charge in [0.2, 0.25) is 0 Å². The number of unbranched alkanes of at least 4 members (excludes halogenated alkanes) is 26. The van der Waals surface area contributed by atoms with Crippen LogP contribution in [-0.2, 0) is 65.4 Å². The van der Waals surface area contributed by atoms with Gasteiger partial charge in [-0.25, -0.2) is 9.13 Å². The van der Waals surface area contributed by atoms with Crippen molar-refractivity contribution in [1.82, 2.24) is 0 Å². The maximum Gasteiger partial charge on any atom is 0.472 e. The second kappa shape index (κ2) is 72.8. The third-order valence-corrected chi connectivity index (χ3v) is 17.8. The first kappa shape index (κ1) is 95.5. The Morgan fingerprint density at radius 1 is 0.290 bits per heavy atom. The van der Waals surface area contributed by atoms with Crippen LogP contribution in [0, 0.1) is 0 Å². The molecule has 0 aromatic heterocycles. The van der Waals surface area contributed by atoms with Crippen molar-refractivity contribution in [2.45, 2.75) is 329 Å². The van der Waals surface area contributed by atoms with Gasteiger partial charge in [0, 0.05) is 25.7 Å². The zero-order valence-electron chi connectivity index (χ0n) is 62.6. The van der Waals surface area contributed by atoms with E-state index in [1.165, 1.54) is 70.6 Å². The highest BCUT2D eigenvalue weighted by Crippen LogP contribution is 2.45. The number of hydrogen-bond donors (Lipinski definition) is 3. The molecule has 0 rings (SSSR count). The molecule has 5 atom stereocenters. The largest absolute Gasteiger partial charge is 0.472 e. The molecular formula is C81H138O17P2. The first-order valence-electron chi connectivity index (χ1n) is 38.8. The summed E-state index contributed by atoms with van der Waals surface area (Å²) in [7, 11) is -9.97. The number of phosphoric ester groups is 2. The number of aliphatic hydroxyl groups excluding tert-OH is 1. The van der Waals surface area contributed by atoms with E-state index in [1.807, 2.05) is 18.2 Å². The molecule has 19 heteroatoms. The normalized spacial score (nSPS) is 14.6. The zero-order valence-corrected chi connectivity index (χ0v) is 64.4. The monoisotopic (exact) mass is 1440 g/mol. The van der Waals surface area contributed by atoms with E-state index in [1.54, 1.807) is 0 Å². The standard InChI is InChI=1S/C81H138O17P2/c1-5-9-13-17-21-25-29-32-34-36-37-39-40-43-47-50-54-58-62-66-79(84)92-72-77(98-81(86)68-64-60-56-52-48-44-41-38-35-33-30-26-22-18-14-10-6-2)74-96-100(89,90)94-70-75(82)69-93-99(87,88)95-73-76(97-80(85)67-63-59-55-51-45-28-24-20-16-12-8-4)71-91-78(83)65-61-57-53-49-46-42-31-27-23-19-15-11-7-3/h9-10,13-14,20-22,24-26,32-35,37,39,43,47,54,58,75-77,82H,5-8,11-12,15-19,23,27-31,36,38,40-42,44-46,48-53,55-57,59-74H2,1-4H3,(H,87,88)(H,89,90)/b13-9-,14-10-,24-20-,25-21-,26-22-,34-32-,35-33-,39-37-,47-43-,58-54-. The van der Waals surface area contributed by atoms with Crippen LogP contribution in [0.2, 0.25) is 0 Å². The van der Waals surface area contributed by atoms with E-state index in [0.717, 1.165) is 154 Å². The fourth-order valence-corrected chi connectivity index (χ4v) is 11.6. The van der Waals surface area contributed by atoms with E-state index in [-0.39, 0.29) is 25.7 Å². The number of allylic oxidation sites excluding steroid dienone is 20. The van der Waals surface area contributed by atoms with Gasteiger partial charge in [0.25, 0.3) is 0 Å². The number of ether oxygens (including phenoxy) is 4. The van der Waals surface area contributed by atoms with Crippen LogP contribution < -0.4 is 0 Å². The van der Waals surface area contributed by atoms with Crippen LogP contribution in [0.1, 0.15) is 310 Å². The molecule has 574 valence electrons. The molecule has 0 aliphatic rings. The molecule has 0 heterocycles. The van der Waals surface area contributed by atoms with Crippen LogP contribution in [0.5, 0.6) is 0 Å². The molecule has 0 amide bonds. The van der Waals surface area contributed by atoms with Gasteiger partial charge in [-0.3, -0.25) is 37.3 Å². The summed E-state index contributed by atoms with van der Waals surface area (Å²) in [4.78, 5) is 72.8. The summed E-state index contributed by atoms with van der Waals surface area (Å²) in [6, 6.07) is 0. The van der Waals surface area contributed by atoms with Gasteiger partial charge in [-0.15, -0.1) is 0 Å². The summed E-state index contributed by atoms with van der Waals surface area (Å²) in [5.41, 5.74) is 0. The topological polar surface area (TPSA) is 237 Å².